The average Bonchev–Trinajstić information content (AvgIpc) is 2.73. The number of imide groups is 1. The standard InChI is InChI=1S/C16H20N2O2/c1-2-12-7-5-6-10-17(12)11-18-15(19)13-8-3-4-9-14(13)16(18)20/h3-4,8-9,12H,2,5-7,10-11H2,1H3/t12-/m0/s1. The quantitative estimate of drug-likeness (QED) is 0.794. The third-order valence-corrected chi connectivity index (χ3v) is 4.42. The Bertz CT molecular complexity index is 506. The maximum Gasteiger partial charge on any atom is 0.262 e. The summed E-state index contributed by atoms with van der Waals surface area (Å²) in [5.41, 5.74) is 1.09. The normalized spacial score (nSPS) is 23.2. The number of fused-ring (bicyclic) bond motifs is 1. The molecule has 106 valence electrons. The van der Waals surface area contributed by atoms with E-state index in [1.165, 1.54) is 17.7 Å². The van der Waals surface area contributed by atoms with Gasteiger partial charge in [0.1, 0.15) is 0 Å². The fourth-order valence-corrected chi connectivity index (χ4v) is 3.26. The Hall–Kier alpha value is -1.68. The van der Waals surface area contributed by atoms with Crippen LogP contribution in [-0.2, 0) is 0 Å². The fraction of sp³-hybridized carbons (Fsp3) is 0.500. The molecule has 0 aromatic heterocycles. The van der Waals surface area contributed by atoms with Crippen LogP contribution in [0.2, 0.25) is 0 Å². The smallest absolute Gasteiger partial charge is 0.262 e. The van der Waals surface area contributed by atoms with E-state index >= 15 is 0 Å². The largest absolute Gasteiger partial charge is 0.283 e. The number of nitrogens with zero attached hydrogens (tertiary/aromatic N) is 2. The van der Waals surface area contributed by atoms with Crippen molar-refractivity contribution in [3.63, 3.8) is 0 Å². The van der Waals surface area contributed by atoms with Crippen molar-refractivity contribution >= 4 is 11.8 Å². The van der Waals surface area contributed by atoms with Crippen LogP contribution in [0.4, 0.5) is 0 Å². The van der Waals surface area contributed by atoms with Crippen LogP contribution in [-0.4, -0.2) is 40.9 Å². The summed E-state index contributed by atoms with van der Waals surface area (Å²) in [4.78, 5) is 28.4. The maximum absolute atomic E-state index is 12.4. The number of benzene rings is 1. The van der Waals surface area contributed by atoms with E-state index in [0.29, 0.717) is 23.8 Å². The SMILES string of the molecule is CC[C@H]1CCCCN1CN1C(=O)c2ccccc2C1=O. The number of hydrogen-bond donors (Lipinski definition) is 0. The summed E-state index contributed by atoms with van der Waals surface area (Å²) in [6.45, 7) is 3.59. The molecule has 2 heterocycles. The Balaban J connectivity index is 1.79. The second-order valence-corrected chi connectivity index (χ2v) is 5.60. The minimum Gasteiger partial charge on any atom is -0.283 e. The topological polar surface area (TPSA) is 40.6 Å². The highest BCUT2D eigenvalue weighted by Crippen LogP contribution is 2.25. The second-order valence-electron chi connectivity index (χ2n) is 5.60. The molecule has 4 heteroatoms. The van der Waals surface area contributed by atoms with Crippen LogP contribution in [0.25, 0.3) is 0 Å². The maximum atomic E-state index is 12.4. The molecule has 2 amide bonds. The monoisotopic (exact) mass is 272 g/mol. The van der Waals surface area contributed by atoms with E-state index in [-0.39, 0.29) is 11.8 Å². The van der Waals surface area contributed by atoms with Crippen LogP contribution >= 0.6 is 0 Å². The third-order valence-electron chi connectivity index (χ3n) is 4.42. The van der Waals surface area contributed by atoms with Gasteiger partial charge >= 0.3 is 0 Å². The van der Waals surface area contributed by atoms with E-state index in [1.807, 2.05) is 12.1 Å². The van der Waals surface area contributed by atoms with E-state index in [4.69, 9.17) is 0 Å². The summed E-state index contributed by atoms with van der Waals surface area (Å²) in [7, 11) is 0. The Morgan fingerprint density at radius 2 is 1.75 bits per heavy atom. The first-order valence-electron chi connectivity index (χ1n) is 7.41. The van der Waals surface area contributed by atoms with Gasteiger partial charge in [-0.2, -0.15) is 0 Å². The Morgan fingerprint density at radius 3 is 2.35 bits per heavy atom. The van der Waals surface area contributed by atoms with E-state index in [9.17, 15) is 9.59 Å². The summed E-state index contributed by atoms with van der Waals surface area (Å²) in [5, 5.41) is 0. The molecule has 2 aliphatic rings. The summed E-state index contributed by atoms with van der Waals surface area (Å²) in [5.74, 6) is -0.294. The lowest BCUT2D eigenvalue weighted by atomic mass is 10.0. The predicted molar refractivity (Wildman–Crippen MR) is 76.4 cm³/mol. The Kier molecular flexibility index (Phi) is 3.57. The lowest BCUT2D eigenvalue weighted by molar-refractivity contribution is 0.0417. The third kappa shape index (κ3) is 2.14. The number of hydrogen-bond acceptors (Lipinski definition) is 3. The van der Waals surface area contributed by atoms with Crippen LogP contribution in [0, 0.1) is 0 Å². The van der Waals surface area contributed by atoms with E-state index in [2.05, 4.69) is 11.8 Å². The summed E-state index contributed by atoms with van der Waals surface area (Å²) < 4.78 is 0. The summed E-state index contributed by atoms with van der Waals surface area (Å²) in [6.07, 6.45) is 4.64. The Labute approximate surface area is 119 Å². The molecule has 3 rings (SSSR count). The molecule has 0 aliphatic carbocycles. The van der Waals surface area contributed by atoms with Crippen LogP contribution in [0.1, 0.15) is 53.3 Å². The summed E-state index contributed by atoms with van der Waals surface area (Å²) in [6, 6.07) is 7.59. The molecule has 1 aromatic carbocycles. The molecule has 0 saturated carbocycles. The van der Waals surface area contributed by atoms with Gasteiger partial charge in [-0.15, -0.1) is 0 Å². The highest BCUT2D eigenvalue weighted by atomic mass is 16.2. The zero-order valence-electron chi connectivity index (χ0n) is 11.8. The molecular formula is C16H20N2O2. The molecule has 0 radical (unpaired) electrons. The van der Waals surface area contributed by atoms with Crippen molar-refractivity contribution in [1.29, 1.82) is 0 Å². The number of likely N-dealkylation sites (tertiary alicyclic amines) is 1. The van der Waals surface area contributed by atoms with Gasteiger partial charge in [-0.3, -0.25) is 19.4 Å². The fourth-order valence-electron chi connectivity index (χ4n) is 3.26. The van der Waals surface area contributed by atoms with Gasteiger partial charge in [-0.25, -0.2) is 0 Å². The highest BCUT2D eigenvalue weighted by Gasteiger charge is 2.37. The van der Waals surface area contributed by atoms with Crippen LogP contribution in [0.15, 0.2) is 24.3 Å². The van der Waals surface area contributed by atoms with Gasteiger partial charge in [0.25, 0.3) is 11.8 Å². The minimum atomic E-state index is -0.147. The van der Waals surface area contributed by atoms with Gasteiger partial charge in [0, 0.05) is 12.6 Å². The lowest BCUT2D eigenvalue weighted by Gasteiger charge is -2.37. The number of rotatable bonds is 3. The Morgan fingerprint density at radius 1 is 1.10 bits per heavy atom. The van der Waals surface area contributed by atoms with E-state index in [0.717, 1.165) is 19.4 Å². The molecule has 0 unspecified atom stereocenters. The van der Waals surface area contributed by atoms with Gasteiger partial charge in [0.15, 0.2) is 0 Å². The van der Waals surface area contributed by atoms with Crippen molar-refractivity contribution in [2.45, 2.75) is 38.6 Å². The summed E-state index contributed by atoms with van der Waals surface area (Å²) >= 11 is 0. The van der Waals surface area contributed by atoms with Gasteiger partial charge in [0.2, 0.25) is 0 Å². The van der Waals surface area contributed by atoms with Crippen LogP contribution in [0.5, 0.6) is 0 Å². The molecule has 20 heavy (non-hydrogen) atoms. The van der Waals surface area contributed by atoms with E-state index in [1.54, 1.807) is 12.1 Å². The molecule has 0 bridgehead atoms. The second kappa shape index (κ2) is 5.37. The zero-order valence-corrected chi connectivity index (χ0v) is 11.8. The van der Waals surface area contributed by atoms with Crippen molar-refractivity contribution in [2.75, 3.05) is 13.2 Å². The average molecular weight is 272 g/mol. The number of carbonyl (C=O) groups excluding carboxylic acids is 2. The van der Waals surface area contributed by atoms with Crippen molar-refractivity contribution in [1.82, 2.24) is 9.80 Å². The molecule has 1 atom stereocenters. The van der Waals surface area contributed by atoms with Crippen molar-refractivity contribution in [2.24, 2.45) is 0 Å². The molecule has 2 aliphatic heterocycles. The number of piperidine rings is 1. The minimum absolute atomic E-state index is 0.147. The van der Waals surface area contributed by atoms with Gasteiger partial charge in [-0.05, 0) is 31.4 Å². The molecular weight excluding hydrogens is 252 g/mol. The molecule has 0 spiro atoms. The van der Waals surface area contributed by atoms with Crippen molar-refractivity contribution in [3.8, 4) is 0 Å². The molecule has 0 N–H and O–H groups in total. The van der Waals surface area contributed by atoms with Gasteiger partial charge in [-0.1, -0.05) is 25.5 Å². The van der Waals surface area contributed by atoms with Crippen LogP contribution in [0.3, 0.4) is 0 Å². The first kappa shape index (κ1) is 13.3. The van der Waals surface area contributed by atoms with Crippen LogP contribution < -0.4 is 0 Å². The highest BCUT2D eigenvalue weighted by molar-refractivity contribution is 6.21. The lowest BCUT2D eigenvalue weighted by Crippen LogP contribution is -2.47. The van der Waals surface area contributed by atoms with Gasteiger partial charge < -0.3 is 0 Å². The molecule has 1 aromatic rings. The van der Waals surface area contributed by atoms with E-state index < -0.39 is 0 Å². The van der Waals surface area contributed by atoms with Crippen molar-refractivity contribution in [3.05, 3.63) is 35.4 Å². The first-order valence-corrected chi connectivity index (χ1v) is 7.41. The first-order chi connectivity index (χ1) is 9.72. The molecule has 1 fully saturated rings. The number of amides is 2. The predicted octanol–water partition coefficient (Wildman–Crippen LogP) is 2.50. The van der Waals surface area contributed by atoms with Crippen molar-refractivity contribution < 1.29 is 9.59 Å². The molecule has 4 nitrogen and oxygen atoms in total. The zero-order chi connectivity index (χ0) is 14.1. The molecule has 1 saturated heterocycles. The number of carbonyl (C=O) groups is 2. The van der Waals surface area contributed by atoms with Gasteiger partial charge in [0.05, 0.1) is 17.8 Å².